The fourth-order valence-electron chi connectivity index (χ4n) is 2.97. The summed E-state index contributed by atoms with van der Waals surface area (Å²) in [4.78, 5) is 6.22. The van der Waals surface area contributed by atoms with Crippen LogP contribution in [0.4, 0.5) is 4.39 Å². The zero-order valence-corrected chi connectivity index (χ0v) is 12.9. The molecule has 0 amide bonds. The van der Waals surface area contributed by atoms with Gasteiger partial charge in [0.2, 0.25) is 0 Å². The van der Waals surface area contributed by atoms with Crippen molar-refractivity contribution in [3.05, 3.63) is 60.2 Å². The molecule has 1 saturated heterocycles. The SMILES string of the molecule is O[C@@H]1CN(CCOc2ccc(F)cc2)C[C@H]1Cc1ccncc1. The molecule has 1 aromatic carbocycles. The van der Waals surface area contributed by atoms with Gasteiger partial charge >= 0.3 is 0 Å². The van der Waals surface area contributed by atoms with E-state index in [9.17, 15) is 9.50 Å². The highest BCUT2D eigenvalue weighted by Gasteiger charge is 2.30. The van der Waals surface area contributed by atoms with Crippen molar-refractivity contribution >= 4 is 0 Å². The number of halogens is 1. The smallest absolute Gasteiger partial charge is 0.123 e. The summed E-state index contributed by atoms with van der Waals surface area (Å²) in [5.74, 6) is 0.640. The summed E-state index contributed by atoms with van der Waals surface area (Å²) in [6.45, 7) is 2.81. The van der Waals surface area contributed by atoms with Crippen LogP contribution in [-0.2, 0) is 6.42 Å². The Morgan fingerprint density at radius 1 is 1.13 bits per heavy atom. The highest BCUT2D eigenvalue weighted by Crippen LogP contribution is 2.21. The summed E-state index contributed by atoms with van der Waals surface area (Å²) >= 11 is 0. The lowest BCUT2D eigenvalue weighted by atomic mass is 9.97. The van der Waals surface area contributed by atoms with Gasteiger partial charge in [-0.25, -0.2) is 4.39 Å². The van der Waals surface area contributed by atoms with Crippen LogP contribution < -0.4 is 4.74 Å². The van der Waals surface area contributed by atoms with Crippen molar-refractivity contribution in [2.75, 3.05) is 26.2 Å². The predicted molar refractivity (Wildman–Crippen MR) is 85.8 cm³/mol. The fraction of sp³-hybridized carbons (Fsp3) is 0.389. The van der Waals surface area contributed by atoms with Crippen molar-refractivity contribution in [2.45, 2.75) is 12.5 Å². The van der Waals surface area contributed by atoms with E-state index in [0.717, 1.165) is 19.5 Å². The molecule has 0 spiro atoms. The van der Waals surface area contributed by atoms with Crippen molar-refractivity contribution in [2.24, 2.45) is 5.92 Å². The standard InChI is InChI=1S/C18H21FN2O2/c19-16-1-3-17(4-2-16)23-10-9-21-12-15(18(22)13-21)11-14-5-7-20-8-6-14/h1-8,15,18,22H,9-13H2/t15-,18-/m1/s1. The summed E-state index contributed by atoms with van der Waals surface area (Å²) in [6, 6.07) is 10.0. The number of benzene rings is 1. The van der Waals surface area contributed by atoms with Gasteiger partial charge in [-0.1, -0.05) is 0 Å². The highest BCUT2D eigenvalue weighted by atomic mass is 19.1. The number of aliphatic hydroxyl groups excluding tert-OH is 1. The van der Waals surface area contributed by atoms with Crippen molar-refractivity contribution in [3.63, 3.8) is 0 Å². The lowest BCUT2D eigenvalue weighted by Crippen LogP contribution is -2.27. The molecule has 1 aliphatic rings. The molecule has 3 rings (SSSR count). The second kappa shape index (κ2) is 7.53. The first-order valence-corrected chi connectivity index (χ1v) is 7.88. The van der Waals surface area contributed by atoms with Crippen LogP contribution in [0.25, 0.3) is 0 Å². The van der Waals surface area contributed by atoms with Gasteiger partial charge in [0.15, 0.2) is 0 Å². The number of rotatable bonds is 6. The summed E-state index contributed by atoms with van der Waals surface area (Å²) in [6.07, 6.45) is 4.11. The normalized spacial score (nSPS) is 21.5. The van der Waals surface area contributed by atoms with Gasteiger partial charge in [-0.15, -0.1) is 0 Å². The van der Waals surface area contributed by atoms with Gasteiger partial charge in [0.25, 0.3) is 0 Å². The maximum absolute atomic E-state index is 12.8. The largest absolute Gasteiger partial charge is 0.492 e. The molecule has 1 fully saturated rings. The maximum atomic E-state index is 12.8. The van der Waals surface area contributed by atoms with Crippen molar-refractivity contribution in [1.82, 2.24) is 9.88 Å². The molecule has 2 aromatic rings. The average Bonchev–Trinajstić information content (AvgIpc) is 2.90. The second-order valence-corrected chi connectivity index (χ2v) is 5.95. The quantitative estimate of drug-likeness (QED) is 0.887. The number of hydrogen-bond donors (Lipinski definition) is 1. The first kappa shape index (κ1) is 15.9. The summed E-state index contributed by atoms with van der Waals surface area (Å²) < 4.78 is 18.4. The molecule has 2 heterocycles. The van der Waals surface area contributed by atoms with E-state index < -0.39 is 0 Å². The topological polar surface area (TPSA) is 45.6 Å². The molecular weight excluding hydrogens is 295 g/mol. The third-order valence-corrected chi connectivity index (χ3v) is 4.22. The third kappa shape index (κ3) is 4.50. The van der Waals surface area contributed by atoms with Crippen LogP contribution in [0.5, 0.6) is 5.75 Å². The average molecular weight is 316 g/mol. The van der Waals surface area contributed by atoms with E-state index in [1.165, 1.54) is 17.7 Å². The Balaban J connectivity index is 1.44. The van der Waals surface area contributed by atoms with E-state index in [1.807, 2.05) is 12.1 Å². The molecule has 2 atom stereocenters. The molecule has 5 heteroatoms. The number of aliphatic hydroxyl groups is 1. The van der Waals surface area contributed by atoms with E-state index in [1.54, 1.807) is 24.5 Å². The molecule has 122 valence electrons. The maximum Gasteiger partial charge on any atom is 0.123 e. The van der Waals surface area contributed by atoms with Gasteiger partial charge in [0, 0.05) is 37.9 Å². The van der Waals surface area contributed by atoms with Gasteiger partial charge in [0.05, 0.1) is 6.10 Å². The Labute approximate surface area is 135 Å². The van der Waals surface area contributed by atoms with E-state index in [-0.39, 0.29) is 17.8 Å². The summed E-state index contributed by atoms with van der Waals surface area (Å²) in [5.41, 5.74) is 1.20. The van der Waals surface area contributed by atoms with Crippen LogP contribution in [-0.4, -0.2) is 47.3 Å². The van der Waals surface area contributed by atoms with E-state index in [0.29, 0.717) is 18.9 Å². The lowest BCUT2D eigenvalue weighted by molar-refractivity contribution is 0.139. The Morgan fingerprint density at radius 3 is 2.61 bits per heavy atom. The molecule has 0 bridgehead atoms. The van der Waals surface area contributed by atoms with Gasteiger partial charge in [0.1, 0.15) is 18.2 Å². The molecule has 1 aromatic heterocycles. The van der Waals surface area contributed by atoms with Crippen LogP contribution in [0, 0.1) is 11.7 Å². The van der Waals surface area contributed by atoms with Crippen LogP contribution >= 0.6 is 0 Å². The van der Waals surface area contributed by atoms with E-state index in [4.69, 9.17) is 4.74 Å². The van der Waals surface area contributed by atoms with Gasteiger partial charge in [-0.2, -0.15) is 0 Å². The predicted octanol–water partition coefficient (Wildman–Crippen LogP) is 2.13. The Hall–Kier alpha value is -1.98. The van der Waals surface area contributed by atoms with Crippen molar-refractivity contribution < 1.29 is 14.2 Å². The van der Waals surface area contributed by atoms with Crippen molar-refractivity contribution in [3.8, 4) is 5.75 Å². The van der Waals surface area contributed by atoms with E-state index >= 15 is 0 Å². The molecule has 0 unspecified atom stereocenters. The first-order chi connectivity index (χ1) is 11.2. The second-order valence-electron chi connectivity index (χ2n) is 5.95. The van der Waals surface area contributed by atoms with Crippen LogP contribution in [0.1, 0.15) is 5.56 Å². The fourth-order valence-corrected chi connectivity index (χ4v) is 2.97. The highest BCUT2D eigenvalue weighted by molar-refractivity contribution is 5.22. The van der Waals surface area contributed by atoms with Gasteiger partial charge < -0.3 is 9.84 Å². The minimum atomic E-state index is -0.311. The third-order valence-electron chi connectivity index (χ3n) is 4.22. The zero-order valence-electron chi connectivity index (χ0n) is 12.9. The van der Waals surface area contributed by atoms with Crippen LogP contribution in [0.2, 0.25) is 0 Å². The number of β-amino-alcohol motifs (C(OH)–C–C–N with tert-alkyl or cyclic N) is 1. The zero-order chi connectivity index (χ0) is 16.1. The monoisotopic (exact) mass is 316 g/mol. The van der Waals surface area contributed by atoms with Gasteiger partial charge in [-0.3, -0.25) is 9.88 Å². The Bertz CT molecular complexity index is 606. The molecule has 4 nitrogen and oxygen atoms in total. The molecule has 1 N–H and O–H groups in total. The minimum absolute atomic E-state index is 0.239. The summed E-state index contributed by atoms with van der Waals surface area (Å²) in [5, 5.41) is 10.2. The Morgan fingerprint density at radius 2 is 1.87 bits per heavy atom. The van der Waals surface area contributed by atoms with Crippen LogP contribution in [0.3, 0.4) is 0 Å². The Kier molecular flexibility index (Phi) is 5.20. The molecular formula is C18H21FN2O2. The molecule has 1 aliphatic heterocycles. The van der Waals surface area contributed by atoms with E-state index in [2.05, 4.69) is 9.88 Å². The lowest BCUT2D eigenvalue weighted by Gasteiger charge is -2.16. The number of pyridine rings is 1. The number of nitrogens with zero attached hydrogens (tertiary/aromatic N) is 2. The number of ether oxygens (including phenoxy) is 1. The number of aromatic nitrogens is 1. The van der Waals surface area contributed by atoms with Crippen LogP contribution in [0.15, 0.2) is 48.8 Å². The number of likely N-dealkylation sites (tertiary alicyclic amines) is 1. The van der Waals surface area contributed by atoms with Gasteiger partial charge in [-0.05, 0) is 48.4 Å². The summed E-state index contributed by atoms with van der Waals surface area (Å²) in [7, 11) is 0. The molecule has 0 aliphatic carbocycles. The molecule has 0 saturated carbocycles. The molecule has 0 radical (unpaired) electrons. The first-order valence-electron chi connectivity index (χ1n) is 7.88. The van der Waals surface area contributed by atoms with Crippen molar-refractivity contribution in [1.29, 1.82) is 0 Å². The number of hydrogen-bond acceptors (Lipinski definition) is 4. The molecule has 23 heavy (non-hydrogen) atoms. The minimum Gasteiger partial charge on any atom is -0.492 e.